The number of imide groups is 1. The Morgan fingerprint density at radius 3 is 2.61 bits per heavy atom. The van der Waals surface area contributed by atoms with Crippen LogP contribution in [0.5, 0.6) is 5.88 Å². The third-order valence-electron chi connectivity index (χ3n) is 4.18. The quantitative estimate of drug-likeness (QED) is 0.746. The minimum Gasteiger partial charge on any atom is -0.493 e. The number of aromatic nitrogens is 1. The minimum atomic E-state index is -1.26. The third kappa shape index (κ3) is 1.64. The Labute approximate surface area is 130 Å². The summed E-state index contributed by atoms with van der Waals surface area (Å²) < 4.78 is 12.0. The molecule has 1 N–H and O–H groups in total. The summed E-state index contributed by atoms with van der Waals surface area (Å²) in [5, 5.41) is 11.8. The maximum atomic E-state index is 12.5. The molecule has 1 aromatic carbocycles. The normalized spacial score (nSPS) is 17.4. The molecule has 3 heterocycles. The van der Waals surface area contributed by atoms with E-state index in [9.17, 15) is 14.7 Å². The molecule has 0 aliphatic carbocycles. The SMILES string of the molecule is Cn1c(O)c(N2C(=O)OC(C)(C)C2=O)c2cc3ccoc3cc21. The number of furan rings is 1. The molecule has 1 aliphatic rings. The van der Waals surface area contributed by atoms with Crippen LogP contribution < -0.4 is 4.90 Å². The topological polar surface area (TPSA) is 84.9 Å². The molecular weight excluding hydrogens is 300 g/mol. The molecule has 2 amide bonds. The first-order chi connectivity index (χ1) is 10.8. The van der Waals surface area contributed by atoms with Gasteiger partial charge in [-0.15, -0.1) is 0 Å². The zero-order chi connectivity index (χ0) is 16.5. The summed E-state index contributed by atoms with van der Waals surface area (Å²) in [7, 11) is 1.65. The first-order valence-electron chi connectivity index (χ1n) is 7.07. The fourth-order valence-electron chi connectivity index (χ4n) is 2.93. The van der Waals surface area contributed by atoms with Crippen LogP contribution >= 0.6 is 0 Å². The number of rotatable bonds is 1. The highest BCUT2D eigenvalue weighted by atomic mass is 16.6. The highest BCUT2D eigenvalue weighted by Gasteiger charge is 2.49. The van der Waals surface area contributed by atoms with Crippen LogP contribution in [-0.4, -0.2) is 27.3 Å². The number of cyclic esters (lactones) is 1. The minimum absolute atomic E-state index is 0.131. The molecule has 7 nitrogen and oxygen atoms in total. The Kier molecular flexibility index (Phi) is 2.42. The van der Waals surface area contributed by atoms with Gasteiger partial charge in [0.05, 0.1) is 11.8 Å². The Balaban J connectivity index is 2.05. The summed E-state index contributed by atoms with van der Waals surface area (Å²) in [5.74, 6) is -0.701. The van der Waals surface area contributed by atoms with Crippen LogP contribution in [-0.2, 0) is 16.6 Å². The van der Waals surface area contributed by atoms with Gasteiger partial charge in [0.2, 0.25) is 5.88 Å². The molecule has 0 unspecified atom stereocenters. The van der Waals surface area contributed by atoms with E-state index in [1.165, 1.54) is 18.4 Å². The molecule has 1 saturated heterocycles. The average Bonchev–Trinajstić information content (AvgIpc) is 3.08. The number of amides is 2. The van der Waals surface area contributed by atoms with Crippen LogP contribution in [0.3, 0.4) is 0 Å². The molecule has 4 rings (SSSR count). The number of carbonyl (C=O) groups is 2. The van der Waals surface area contributed by atoms with E-state index < -0.39 is 17.6 Å². The van der Waals surface area contributed by atoms with Gasteiger partial charge in [-0.1, -0.05) is 0 Å². The molecule has 1 fully saturated rings. The van der Waals surface area contributed by atoms with Crippen molar-refractivity contribution in [2.24, 2.45) is 7.05 Å². The Bertz CT molecular complexity index is 995. The monoisotopic (exact) mass is 314 g/mol. The maximum Gasteiger partial charge on any atom is 0.422 e. The largest absolute Gasteiger partial charge is 0.493 e. The first kappa shape index (κ1) is 13.7. The van der Waals surface area contributed by atoms with Crippen LogP contribution in [0.1, 0.15) is 13.8 Å². The molecular formula is C16H14N2O5. The molecule has 0 saturated carbocycles. The van der Waals surface area contributed by atoms with Crippen LogP contribution in [0.4, 0.5) is 10.5 Å². The smallest absolute Gasteiger partial charge is 0.422 e. The summed E-state index contributed by atoms with van der Waals surface area (Å²) in [6.45, 7) is 3.04. The van der Waals surface area contributed by atoms with Gasteiger partial charge in [-0.3, -0.25) is 4.79 Å². The van der Waals surface area contributed by atoms with Crippen molar-refractivity contribution in [3.8, 4) is 5.88 Å². The summed E-state index contributed by atoms with van der Waals surface area (Å²) in [6, 6.07) is 5.30. The number of carbonyl (C=O) groups excluding carboxylic acids is 2. The zero-order valence-electron chi connectivity index (χ0n) is 12.8. The Hall–Kier alpha value is -2.96. The summed E-state index contributed by atoms with van der Waals surface area (Å²) in [4.78, 5) is 25.6. The van der Waals surface area contributed by atoms with Gasteiger partial charge in [-0.2, -0.15) is 0 Å². The van der Waals surface area contributed by atoms with Crippen molar-refractivity contribution in [1.82, 2.24) is 4.57 Å². The third-order valence-corrected chi connectivity index (χ3v) is 4.18. The van der Waals surface area contributed by atoms with Gasteiger partial charge in [-0.05, 0) is 26.0 Å². The van der Waals surface area contributed by atoms with E-state index in [2.05, 4.69) is 0 Å². The molecule has 1 aliphatic heterocycles. The van der Waals surface area contributed by atoms with E-state index >= 15 is 0 Å². The number of ether oxygens (including phenoxy) is 1. The molecule has 118 valence electrons. The molecule has 3 aromatic rings. The molecule has 0 bridgehead atoms. The van der Waals surface area contributed by atoms with Gasteiger partial charge in [-0.25, -0.2) is 9.69 Å². The van der Waals surface area contributed by atoms with Crippen molar-refractivity contribution in [2.45, 2.75) is 19.4 Å². The van der Waals surface area contributed by atoms with E-state index in [1.807, 2.05) is 0 Å². The second kappa shape index (κ2) is 4.07. The predicted molar refractivity (Wildman–Crippen MR) is 82.4 cm³/mol. The maximum absolute atomic E-state index is 12.5. The van der Waals surface area contributed by atoms with Gasteiger partial charge in [0.15, 0.2) is 5.60 Å². The van der Waals surface area contributed by atoms with E-state index in [-0.39, 0.29) is 11.6 Å². The molecule has 2 aromatic heterocycles. The average molecular weight is 314 g/mol. The second-order valence-corrected chi connectivity index (χ2v) is 6.08. The Morgan fingerprint density at radius 2 is 1.96 bits per heavy atom. The van der Waals surface area contributed by atoms with Crippen molar-refractivity contribution in [3.05, 3.63) is 24.5 Å². The lowest BCUT2D eigenvalue weighted by atomic mass is 10.1. The molecule has 0 atom stereocenters. The summed E-state index contributed by atoms with van der Waals surface area (Å²) in [5.41, 5.74) is 0.169. The molecule has 23 heavy (non-hydrogen) atoms. The van der Waals surface area contributed by atoms with E-state index in [4.69, 9.17) is 9.15 Å². The lowest BCUT2D eigenvalue weighted by Crippen LogP contribution is -2.36. The van der Waals surface area contributed by atoms with Crippen LogP contribution in [0.15, 0.2) is 28.9 Å². The van der Waals surface area contributed by atoms with Crippen LogP contribution in [0.25, 0.3) is 21.9 Å². The van der Waals surface area contributed by atoms with Gasteiger partial charge in [0.25, 0.3) is 5.91 Å². The molecule has 0 radical (unpaired) electrons. The van der Waals surface area contributed by atoms with E-state index in [0.29, 0.717) is 16.5 Å². The first-order valence-corrected chi connectivity index (χ1v) is 7.07. The van der Waals surface area contributed by atoms with Crippen LogP contribution in [0, 0.1) is 0 Å². The molecule has 7 heteroatoms. The lowest BCUT2D eigenvalue weighted by Gasteiger charge is -2.13. The van der Waals surface area contributed by atoms with Gasteiger partial charge < -0.3 is 18.8 Å². The number of anilines is 1. The number of aromatic hydroxyl groups is 1. The standard InChI is InChI=1S/C16H14N2O5/c1-16(2)14(20)18(15(21)23-16)12-9-6-8-4-5-22-11(8)7-10(9)17(3)13(12)19/h4-7,19H,1-3H3. The van der Waals surface area contributed by atoms with Crippen molar-refractivity contribution >= 4 is 39.6 Å². The predicted octanol–water partition coefficient (Wildman–Crippen LogP) is 2.89. The van der Waals surface area contributed by atoms with Gasteiger partial charge in [0, 0.05) is 23.9 Å². The zero-order valence-corrected chi connectivity index (χ0v) is 12.8. The fraction of sp³-hybridized carbons (Fsp3) is 0.250. The van der Waals surface area contributed by atoms with Gasteiger partial charge in [0.1, 0.15) is 11.3 Å². The number of aryl methyl sites for hydroxylation is 1. The lowest BCUT2D eigenvalue weighted by molar-refractivity contribution is -0.127. The van der Waals surface area contributed by atoms with Gasteiger partial charge >= 0.3 is 6.09 Å². The number of nitrogens with zero attached hydrogens (tertiary/aromatic N) is 2. The van der Waals surface area contributed by atoms with Crippen molar-refractivity contribution in [2.75, 3.05) is 4.90 Å². The summed E-state index contributed by atoms with van der Waals surface area (Å²) >= 11 is 0. The summed E-state index contributed by atoms with van der Waals surface area (Å²) in [6.07, 6.45) is 0.761. The number of hydrogen-bond acceptors (Lipinski definition) is 5. The molecule has 0 spiro atoms. The van der Waals surface area contributed by atoms with Crippen LogP contribution in [0.2, 0.25) is 0 Å². The van der Waals surface area contributed by atoms with Crippen molar-refractivity contribution in [3.63, 3.8) is 0 Å². The highest BCUT2D eigenvalue weighted by Crippen LogP contribution is 2.43. The van der Waals surface area contributed by atoms with Crippen molar-refractivity contribution in [1.29, 1.82) is 0 Å². The fourth-order valence-corrected chi connectivity index (χ4v) is 2.93. The van der Waals surface area contributed by atoms with E-state index in [1.54, 1.807) is 31.5 Å². The number of fused-ring (bicyclic) bond motifs is 2. The van der Waals surface area contributed by atoms with Crippen molar-refractivity contribution < 1.29 is 23.8 Å². The van der Waals surface area contributed by atoms with E-state index in [0.717, 1.165) is 10.3 Å². The second-order valence-electron chi connectivity index (χ2n) is 6.08. The Morgan fingerprint density at radius 1 is 1.22 bits per heavy atom. The highest BCUT2D eigenvalue weighted by molar-refractivity contribution is 6.24. The number of benzene rings is 1. The number of hydrogen-bond donors (Lipinski definition) is 1.